The van der Waals surface area contributed by atoms with Gasteiger partial charge in [-0.05, 0) is 173 Å². The van der Waals surface area contributed by atoms with E-state index in [1.807, 2.05) is 6.07 Å². The number of nitrogens with zero attached hydrogens (tertiary/aromatic N) is 6. The number of hydrogen-bond acceptors (Lipinski definition) is 15. The van der Waals surface area contributed by atoms with Crippen LogP contribution < -0.4 is 9.47 Å². The van der Waals surface area contributed by atoms with Crippen LogP contribution in [-0.4, -0.2) is 119 Å². The highest BCUT2D eigenvalue weighted by Gasteiger charge is 2.40. The Hall–Kier alpha value is -7.17. The number of carbonyl (C=O) groups excluding carboxylic acids is 2. The van der Waals surface area contributed by atoms with Crippen LogP contribution >= 0.6 is 0 Å². The molecule has 6 aromatic carbocycles. The average Bonchev–Trinajstić information content (AvgIpc) is 1.47. The third kappa shape index (κ3) is 23.3. The fourth-order valence-electron chi connectivity index (χ4n) is 8.38. The van der Waals surface area contributed by atoms with Gasteiger partial charge in [0.2, 0.25) is 0 Å². The van der Waals surface area contributed by atoms with Gasteiger partial charge in [0.05, 0.1) is 53.7 Å². The van der Waals surface area contributed by atoms with Crippen LogP contribution in [0.25, 0.3) is 0 Å². The van der Waals surface area contributed by atoms with Crippen LogP contribution in [0.2, 0.25) is 0 Å². The first-order valence-electron chi connectivity index (χ1n) is 28.1. The Morgan fingerprint density at radius 3 is 1.13 bits per heavy atom. The maximum Gasteiger partial charge on any atom is 0.367 e. The summed E-state index contributed by atoms with van der Waals surface area (Å²) in [6, 6.07) is 56.0. The Kier molecular flexibility index (Phi) is 28.9. The molecule has 0 radical (unpaired) electrons. The van der Waals surface area contributed by atoms with Gasteiger partial charge in [-0.15, -0.1) is 0 Å². The van der Waals surface area contributed by atoms with Crippen LogP contribution in [0, 0.1) is 50.4 Å². The molecular formula is C66H81F2N6O9S3+. The Morgan fingerprint density at radius 1 is 0.558 bits per heavy atom. The number of carbonyl (C=O) groups is 2. The summed E-state index contributed by atoms with van der Waals surface area (Å²) in [4.78, 5) is 35.4. The summed E-state index contributed by atoms with van der Waals surface area (Å²) < 4.78 is 78.1. The predicted molar refractivity (Wildman–Crippen MR) is 333 cm³/mol. The van der Waals surface area contributed by atoms with E-state index in [0.29, 0.717) is 0 Å². The second kappa shape index (κ2) is 34.8. The summed E-state index contributed by atoms with van der Waals surface area (Å²) >= 11 is 0. The van der Waals surface area contributed by atoms with Gasteiger partial charge < -0.3 is 33.3 Å². The van der Waals surface area contributed by atoms with E-state index < -0.39 is 51.4 Å². The van der Waals surface area contributed by atoms with Gasteiger partial charge in [0.15, 0.2) is 57.2 Å². The van der Waals surface area contributed by atoms with Crippen LogP contribution in [-0.2, 0) is 51.0 Å². The van der Waals surface area contributed by atoms with Crippen LogP contribution in [0.1, 0.15) is 81.5 Å². The molecule has 460 valence electrons. The van der Waals surface area contributed by atoms with E-state index in [9.17, 15) is 41.9 Å². The summed E-state index contributed by atoms with van der Waals surface area (Å²) in [6.45, 7) is 14.7. The fraction of sp³-hybridized carbons (Fsp3) is 0.394. The highest BCUT2D eigenvalue weighted by molar-refractivity contribution is 7.97. The SMILES string of the molecule is CCOC(=O)CCC(C)(C#N)N=NC(C)(C#N)CCC(=O)OCC(F)(F)S(=O)(=O)[O-].Cc1cc([S+](c2ccccc2)c2ccccc2)cc(C)c1OCCCN(C)C.Cc1cc([S+](c2ccccc2)c2ccccc2)cc(C)c1OCCCN(C)C. The predicted octanol–water partition coefficient (Wildman–Crippen LogP) is 13.3. The number of ether oxygens (including phenoxy) is 4. The van der Waals surface area contributed by atoms with E-state index in [-0.39, 0.29) is 47.7 Å². The van der Waals surface area contributed by atoms with Gasteiger partial charge in [-0.1, -0.05) is 72.8 Å². The van der Waals surface area contributed by atoms with Crippen molar-refractivity contribution in [2.24, 2.45) is 10.2 Å². The standard InChI is InChI=1S/2C25H30NOS.C16H22F2N4O7S/c2*1-20-18-24(19-21(2)25(20)27-17-11-16-26(3)4)28(22-12-7-5-8-13-22)23-14-9-6-10-15-23;1-4-28-12(23)5-7-14(2,9-19)21-22-15(3,10-20)8-6-13(24)29-11-16(17,18)30(25,26)27/h2*5-10,12-15,18-19H,11,16-17H2,1-4H3;4-8,11H2,1-3H3,(H,25,26,27)/q2*+1;/p-1. The molecule has 20 heteroatoms. The van der Waals surface area contributed by atoms with Crippen LogP contribution in [0.15, 0.2) is 185 Å². The maximum atomic E-state index is 13.0. The number of aryl methyl sites for hydroxylation is 4. The third-order valence-electron chi connectivity index (χ3n) is 12.9. The molecule has 0 aliphatic rings. The monoisotopic (exact) mass is 1240 g/mol. The van der Waals surface area contributed by atoms with Crippen molar-refractivity contribution in [2.75, 3.05) is 67.7 Å². The first-order valence-corrected chi connectivity index (χ1v) is 32.0. The molecular weight excluding hydrogens is 1150 g/mol. The first-order chi connectivity index (χ1) is 40.8. The van der Waals surface area contributed by atoms with Gasteiger partial charge in [-0.2, -0.15) is 29.5 Å². The molecule has 6 rings (SSSR count). The van der Waals surface area contributed by atoms with Crippen LogP contribution in [0.3, 0.4) is 0 Å². The number of nitriles is 2. The van der Waals surface area contributed by atoms with E-state index in [4.69, 9.17) is 14.2 Å². The molecule has 0 N–H and O–H groups in total. The van der Waals surface area contributed by atoms with Gasteiger partial charge in [-0.25, -0.2) is 8.42 Å². The van der Waals surface area contributed by atoms with Gasteiger partial charge in [-0.3, -0.25) is 9.59 Å². The molecule has 0 amide bonds. The number of esters is 2. The molecule has 0 aromatic heterocycles. The van der Waals surface area contributed by atoms with E-state index in [2.05, 4.69) is 226 Å². The van der Waals surface area contributed by atoms with Gasteiger partial charge >= 0.3 is 17.2 Å². The molecule has 6 aromatic rings. The molecule has 0 spiro atoms. The Bertz CT molecular complexity index is 3040. The molecule has 0 bridgehead atoms. The molecule has 0 aliphatic carbocycles. The lowest BCUT2D eigenvalue weighted by Gasteiger charge is -2.20. The fourth-order valence-corrected chi connectivity index (χ4v) is 13.1. The molecule has 0 heterocycles. The highest BCUT2D eigenvalue weighted by Crippen LogP contribution is 2.37. The minimum Gasteiger partial charge on any atom is -0.743 e. The van der Waals surface area contributed by atoms with Crippen molar-refractivity contribution in [2.45, 2.75) is 133 Å². The van der Waals surface area contributed by atoms with Crippen molar-refractivity contribution in [3.63, 3.8) is 0 Å². The Balaban J connectivity index is 0.000000276. The second-order valence-corrected chi connectivity index (χ2v) is 26.7. The number of azo groups is 1. The smallest absolute Gasteiger partial charge is 0.367 e. The molecule has 0 saturated carbocycles. The van der Waals surface area contributed by atoms with Gasteiger partial charge in [0.1, 0.15) is 11.5 Å². The number of rotatable bonds is 28. The van der Waals surface area contributed by atoms with Gasteiger partial charge in [0.25, 0.3) is 0 Å². The van der Waals surface area contributed by atoms with Crippen molar-refractivity contribution in [3.05, 3.63) is 168 Å². The number of benzene rings is 6. The lowest BCUT2D eigenvalue weighted by molar-refractivity contribution is -0.150. The number of halogens is 2. The zero-order valence-corrected chi connectivity index (χ0v) is 53.6. The minimum absolute atomic E-state index is 0.0475. The van der Waals surface area contributed by atoms with E-state index >= 15 is 0 Å². The van der Waals surface area contributed by atoms with Crippen molar-refractivity contribution in [3.8, 4) is 23.6 Å². The Labute approximate surface area is 513 Å². The average molecular weight is 1240 g/mol. The number of alkyl halides is 2. The third-order valence-corrected chi connectivity index (χ3v) is 18.2. The van der Waals surface area contributed by atoms with Crippen molar-refractivity contribution in [1.82, 2.24) is 9.80 Å². The molecule has 2 atom stereocenters. The van der Waals surface area contributed by atoms with E-state index in [1.165, 1.54) is 65.5 Å². The summed E-state index contributed by atoms with van der Waals surface area (Å²) in [5, 5.41) is 21.3. The largest absolute Gasteiger partial charge is 0.743 e. The molecule has 2 unspecified atom stereocenters. The molecule has 86 heavy (non-hydrogen) atoms. The number of hydrogen-bond donors (Lipinski definition) is 0. The van der Waals surface area contributed by atoms with E-state index in [1.54, 1.807) is 13.0 Å². The molecule has 0 saturated heterocycles. The van der Waals surface area contributed by atoms with Crippen LogP contribution in [0.5, 0.6) is 11.5 Å². The molecule has 15 nitrogen and oxygen atoms in total. The zero-order chi connectivity index (χ0) is 63.5. The Morgan fingerprint density at radius 2 is 0.860 bits per heavy atom. The molecule has 0 aliphatic heterocycles. The van der Waals surface area contributed by atoms with Gasteiger partial charge in [0, 0.05) is 50.2 Å². The summed E-state index contributed by atoms with van der Waals surface area (Å²) in [5.74, 6) is 0.233. The normalized spacial score (nSPS) is 12.9. The maximum absolute atomic E-state index is 13.0. The van der Waals surface area contributed by atoms with E-state index in [0.717, 1.165) is 50.6 Å². The lowest BCUT2D eigenvalue weighted by Crippen LogP contribution is -2.35. The quantitative estimate of drug-likeness (QED) is 0.0147. The first kappa shape index (κ1) is 71.3. The topological polar surface area (TPSA) is 207 Å². The minimum atomic E-state index is -6.00. The van der Waals surface area contributed by atoms with Crippen molar-refractivity contribution < 1.29 is 50.3 Å². The highest BCUT2D eigenvalue weighted by atomic mass is 32.2. The van der Waals surface area contributed by atoms with Crippen molar-refractivity contribution in [1.29, 1.82) is 10.5 Å². The summed E-state index contributed by atoms with van der Waals surface area (Å²) in [5.41, 5.74) is 1.74. The summed E-state index contributed by atoms with van der Waals surface area (Å²) in [7, 11) is 2.15. The second-order valence-electron chi connectivity index (χ2n) is 21.2. The zero-order valence-electron chi connectivity index (χ0n) is 51.2. The van der Waals surface area contributed by atoms with Crippen molar-refractivity contribution >= 4 is 43.8 Å². The molecule has 0 fully saturated rings. The lowest BCUT2D eigenvalue weighted by atomic mass is 9.97. The summed E-state index contributed by atoms with van der Waals surface area (Å²) in [6.07, 6.45) is 0.917. The van der Waals surface area contributed by atoms with Crippen LogP contribution in [0.4, 0.5) is 8.78 Å².